The summed E-state index contributed by atoms with van der Waals surface area (Å²) in [4.78, 5) is 15.0. The van der Waals surface area contributed by atoms with E-state index in [9.17, 15) is 5.76 Å². The van der Waals surface area contributed by atoms with Crippen molar-refractivity contribution in [3.05, 3.63) is 70.6 Å². The summed E-state index contributed by atoms with van der Waals surface area (Å²) >= 11 is 0. The van der Waals surface area contributed by atoms with Crippen molar-refractivity contribution in [2.45, 2.75) is 57.3 Å². The Hall–Kier alpha value is -3.15. The second-order valence-corrected chi connectivity index (χ2v) is 11.8. The second kappa shape index (κ2) is 11.2. The van der Waals surface area contributed by atoms with Crippen LogP contribution in [0.25, 0.3) is 0 Å². The van der Waals surface area contributed by atoms with Gasteiger partial charge < -0.3 is 19.5 Å². The topological polar surface area (TPSA) is 61.7 Å². The number of nitrogens with one attached hydrogen (secondary N) is 1. The molecule has 226 valence electrons. The molecule has 1 N–H and O–H groups in total. The molecule has 1 aromatic carbocycles. The molecule has 1 aliphatic carbocycles. The van der Waals surface area contributed by atoms with Crippen molar-refractivity contribution >= 4 is 5.95 Å². The lowest BCUT2D eigenvalue weighted by Gasteiger charge is -2.41. The van der Waals surface area contributed by atoms with E-state index in [1.54, 1.807) is 18.0 Å². The maximum Gasteiger partial charge on any atom is 0.260 e. The highest BCUT2D eigenvalue weighted by atomic mass is 19.3. The van der Waals surface area contributed by atoms with E-state index in [-0.39, 0.29) is 25.3 Å². The fourth-order valence-corrected chi connectivity index (χ4v) is 6.55. The van der Waals surface area contributed by atoms with E-state index >= 15 is 8.78 Å². The van der Waals surface area contributed by atoms with E-state index in [4.69, 9.17) is 4.74 Å². The molecule has 2 fully saturated rings. The molecule has 8 nitrogen and oxygen atoms in total. The zero-order valence-electron chi connectivity index (χ0n) is 25.7. The maximum atomic E-state index is 15.6. The first-order valence-electron chi connectivity index (χ1n) is 15.2. The van der Waals surface area contributed by atoms with Crippen molar-refractivity contribution in [2.75, 3.05) is 58.7 Å². The molecule has 0 amide bonds. The summed E-state index contributed by atoms with van der Waals surface area (Å²) in [7, 11) is 3.90. The number of alkyl halides is 2. The lowest BCUT2D eigenvalue weighted by Crippen LogP contribution is -2.45. The molecular formula is C31H40F3N7O. The average molecular weight is 585 g/mol. The molecule has 6 rings (SSSR count). The van der Waals surface area contributed by atoms with Gasteiger partial charge in [-0.15, -0.1) is 0 Å². The van der Waals surface area contributed by atoms with Gasteiger partial charge in [-0.1, -0.05) is 12.1 Å². The van der Waals surface area contributed by atoms with Crippen molar-refractivity contribution in [3.8, 4) is 5.75 Å². The van der Waals surface area contributed by atoms with Crippen LogP contribution in [0.1, 0.15) is 55.6 Å². The van der Waals surface area contributed by atoms with Crippen molar-refractivity contribution < 1.29 is 19.3 Å². The second-order valence-electron chi connectivity index (χ2n) is 11.8. The summed E-state index contributed by atoms with van der Waals surface area (Å²) in [6.07, 6.45) is 4.44. The zero-order chi connectivity index (χ0) is 30.5. The molecule has 0 bridgehead atoms. The summed E-state index contributed by atoms with van der Waals surface area (Å²) in [6, 6.07) is 5.00. The number of piperazine rings is 1. The van der Waals surface area contributed by atoms with Crippen molar-refractivity contribution in [1.29, 1.82) is 0 Å². The number of benzene rings is 1. The molecule has 1 saturated heterocycles. The molecule has 42 heavy (non-hydrogen) atoms. The van der Waals surface area contributed by atoms with Gasteiger partial charge in [-0.05, 0) is 43.1 Å². The molecule has 11 heteroatoms. The minimum absolute atomic E-state index is 0.0197. The van der Waals surface area contributed by atoms with E-state index in [0.29, 0.717) is 35.9 Å². The lowest BCUT2D eigenvalue weighted by atomic mass is 9.80. The van der Waals surface area contributed by atoms with Crippen LogP contribution in [0.15, 0.2) is 36.8 Å². The summed E-state index contributed by atoms with van der Waals surface area (Å²) in [6.45, 7) is 7.61. The van der Waals surface area contributed by atoms with E-state index in [0.717, 1.165) is 43.5 Å². The van der Waals surface area contributed by atoms with Crippen LogP contribution in [0.5, 0.6) is 5.75 Å². The number of hydrogen-bond donors (Lipinski definition) is 1. The van der Waals surface area contributed by atoms with Crippen molar-refractivity contribution in [1.82, 2.24) is 29.2 Å². The highest BCUT2D eigenvalue weighted by Gasteiger charge is 2.74. The number of likely N-dealkylation sites (N-methyl/N-ethyl adjacent to an activating group) is 1. The number of imidazole rings is 1. The predicted molar refractivity (Wildman–Crippen MR) is 156 cm³/mol. The van der Waals surface area contributed by atoms with Gasteiger partial charge in [0.15, 0.2) is 11.6 Å². The first kappa shape index (κ1) is 27.7. The Bertz CT molecular complexity index is 1480. The van der Waals surface area contributed by atoms with Crippen molar-refractivity contribution in [2.24, 2.45) is 0 Å². The molecule has 1 saturated carbocycles. The maximum absolute atomic E-state index is 15.6. The lowest BCUT2D eigenvalue weighted by molar-refractivity contribution is 0.0559. The fourth-order valence-electron chi connectivity index (χ4n) is 6.55. The van der Waals surface area contributed by atoms with Gasteiger partial charge in [0, 0.05) is 85.1 Å². The van der Waals surface area contributed by atoms with Gasteiger partial charge in [-0.2, -0.15) is 0 Å². The normalized spacial score (nSPS) is 25.2. The smallest absolute Gasteiger partial charge is 0.260 e. The van der Waals surface area contributed by atoms with Crippen LogP contribution in [-0.4, -0.2) is 88.6 Å². The molecule has 2 aliphatic heterocycles. The number of ether oxygens (including phenoxy) is 1. The minimum Gasteiger partial charge on any atom is -0.491 e. The van der Waals surface area contributed by atoms with E-state index in [2.05, 4.69) is 38.2 Å². The van der Waals surface area contributed by atoms with Gasteiger partial charge in [0.05, 0.1) is 30.5 Å². The number of aromatic nitrogens is 3. The fraction of sp³-hybridized carbons (Fsp3) is 0.548. The number of pyridine rings is 1. The summed E-state index contributed by atoms with van der Waals surface area (Å²) in [5, 5.41) is 3.09. The van der Waals surface area contributed by atoms with Crippen LogP contribution in [0.4, 0.5) is 19.1 Å². The first-order valence-corrected chi connectivity index (χ1v) is 14.7. The number of anilines is 1. The zero-order valence-corrected chi connectivity index (χ0v) is 24.7. The number of rotatable bonds is 9. The highest BCUT2D eigenvalue weighted by Crippen LogP contribution is 2.65. The molecule has 3 aliphatic rings. The molecule has 3 unspecified atom stereocenters. The Morgan fingerprint density at radius 2 is 1.90 bits per heavy atom. The molecular weight excluding hydrogens is 543 g/mol. The Morgan fingerprint density at radius 3 is 2.60 bits per heavy atom. The molecule has 0 radical (unpaired) electrons. The van der Waals surface area contributed by atoms with Crippen LogP contribution >= 0.6 is 0 Å². The van der Waals surface area contributed by atoms with Crippen LogP contribution in [0, 0.1) is 5.82 Å². The number of nitrogens with zero attached hydrogens (tertiary/aromatic N) is 6. The Balaban J connectivity index is 1.43. The molecule has 3 atom stereocenters. The Labute approximate surface area is 246 Å². The molecule has 3 aromatic rings. The summed E-state index contributed by atoms with van der Waals surface area (Å²) in [5.41, 5.74) is 2.14. The molecule has 4 heterocycles. The van der Waals surface area contributed by atoms with E-state index in [1.807, 2.05) is 30.8 Å². The third-order valence-corrected chi connectivity index (χ3v) is 8.99. The first-order chi connectivity index (χ1) is 20.6. The SMILES string of the molecule is [2H]C1c2cc(Cn3ccnc3NC)cc(CN3CCN(C)CC3)c2C2(CN1C(C)c1cc(OCC)c(F)cn1)CC2(F)F. The number of fused-ring (bicyclic) bond motifs is 2. The molecule has 1 spiro atoms. The van der Waals surface area contributed by atoms with Gasteiger partial charge in [-0.3, -0.25) is 14.8 Å². The standard InChI is InChI=1S/C31H40F3N7O/c1-5-42-27-14-26(37-15-25(27)32)21(2)41-18-24-13-22(16-40-7-6-36-29(40)35-3)12-23(17-39-10-8-38(4)9-11-39)28(24)30(20-41)19-31(30,33)34/h6-7,12-15,21H,5,8-11,16-20H2,1-4H3,(H,35,36)/i18D. The largest absolute Gasteiger partial charge is 0.491 e. The monoisotopic (exact) mass is 584 g/mol. The summed E-state index contributed by atoms with van der Waals surface area (Å²) < 4.78 is 62.5. The van der Waals surface area contributed by atoms with E-state index < -0.39 is 29.7 Å². The number of halogens is 3. The predicted octanol–water partition coefficient (Wildman–Crippen LogP) is 4.51. The Morgan fingerprint density at radius 1 is 1.14 bits per heavy atom. The van der Waals surface area contributed by atoms with Gasteiger partial charge in [0.2, 0.25) is 5.95 Å². The average Bonchev–Trinajstić information content (AvgIpc) is 3.27. The minimum atomic E-state index is -2.89. The van der Waals surface area contributed by atoms with Gasteiger partial charge >= 0.3 is 0 Å². The third kappa shape index (κ3) is 5.26. The number of hydrogen-bond acceptors (Lipinski definition) is 7. The Kier molecular flexibility index (Phi) is 7.36. The van der Waals surface area contributed by atoms with E-state index in [1.165, 1.54) is 6.07 Å². The van der Waals surface area contributed by atoms with Crippen LogP contribution in [-0.2, 0) is 25.0 Å². The van der Waals surface area contributed by atoms with Crippen LogP contribution in [0.2, 0.25) is 0 Å². The third-order valence-electron chi connectivity index (χ3n) is 8.99. The van der Waals surface area contributed by atoms with Gasteiger partial charge in [0.1, 0.15) is 0 Å². The molecule has 2 aromatic heterocycles. The van der Waals surface area contributed by atoms with Gasteiger partial charge in [-0.25, -0.2) is 18.2 Å². The van der Waals surface area contributed by atoms with Crippen molar-refractivity contribution in [3.63, 3.8) is 0 Å². The quantitative estimate of drug-likeness (QED) is 0.397. The summed E-state index contributed by atoms with van der Waals surface area (Å²) in [5.74, 6) is -2.70. The highest BCUT2D eigenvalue weighted by molar-refractivity contribution is 5.53. The van der Waals surface area contributed by atoms with Gasteiger partial charge in [0.25, 0.3) is 5.92 Å². The van der Waals surface area contributed by atoms with Crippen LogP contribution in [0.3, 0.4) is 0 Å². The van der Waals surface area contributed by atoms with Crippen LogP contribution < -0.4 is 10.1 Å².